The Morgan fingerprint density at radius 2 is 1.31 bits per heavy atom. The first kappa shape index (κ1) is 16.0. The standard InChI is InChI=1S/C20H17N5O/c1-25(2)20-23-18-17(19(26)24-20)21-15(13-9-5-3-6-10-13)16(22-18)14-11-7-4-8-12-14/h3-12H,1-2H3,(H,22,23,24,26). The lowest BCUT2D eigenvalue weighted by molar-refractivity contribution is 0.989. The highest BCUT2D eigenvalue weighted by Crippen LogP contribution is 2.29. The minimum Gasteiger partial charge on any atom is -0.348 e. The fourth-order valence-electron chi connectivity index (χ4n) is 2.75. The van der Waals surface area contributed by atoms with Crippen LogP contribution in [0.5, 0.6) is 0 Å². The summed E-state index contributed by atoms with van der Waals surface area (Å²) >= 11 is 0. The first-order chi connectivity index (χ1) is 12.6. The summed E-state index contributed by atoms with van der Waals surface area (Å²) in [4.78, 5) is 30.8. The van der Waals surface area contributed by atoms with Gasteiger partial charge in [-0.2, -0.15) is 4.98 Å². The lowest BCUT2D eigenvalue weighted by Crippen LogP contribution is -2.20. The molecule has 0 saturated carbocycles. The number of rotatable bonds is 3. The van der Waals surface area contributed by atoms with Gasteiger partial charge in [0.25, 0.3) is 5.56 Å². The zero-order valence-electron chi connectivity index (χ0n) is 14.5. The van der Waals surface area contributed by atoms with Gasteiger partial charge in [-0.3, -0.25) is 9.78 Å². The quantitative estimate of drug-likeness (QED) is 0.619. The molecule has 26 heavy (non-hydrogen) atoms. The van der Waals surface area contributed by atoms with E-state index in [9.17, 15) is 4.79 Å². The summed E-state index contributed by atoms with van der Waals surface area (Å²) in [5.74, 6) is 0.447. The third-order valence-electron chi connectivity index (χ3n) is 4.05. The van der Waals surface area contributed by atoms with E-state index in [-0.39, 0.29) is 11.1 Å². The zero-order valence-corrected chi connectivity index (χ0v) is 14.5. The van der Waals surface area contributed by atoms with E-state index in [0.29, 0.717) is 23.0 Å². The number of aromatic nitrogens is 4. The Morgan fingerprint density at radius 3 is 1.85 bits per heavy atom. The van der Waals surface area contributed by atoms with Gasteiger partial charge in [-0.1, -0.05) is 60.7 Å². The predicted molar refractivity (Wildman–Crippen MR) is 103 cm³/mol. The summed E-state index contributed by atoms with van der Waals surface area (Å²) < 4.78 is 0. The largest absolute Gasteiger partial charge is 0.348 e. The average molecular weight is 343 g/mol. The van der Waals surface area contributed by atoms with Crippen LogP contribution in [0.3, 0.4) is 0 Å². The molecule has 0 radical (unpaired) electrons. The topological polar surface area (TPSA) is 74.8 Å². The molecule has 1 N–H and O–H groups in total. The molecule has 2 aromatic heterocycles. The lowest BCUT2D eigenvalue weighted by Gasteiger charge is -2.13. The maximum absolute atomic E-state index is 12.5. The number of fused-ring (bicyclic) bond motifs is 1. The van der Waals surface area contributed by atoms with E-state index in [2.05, 4.69) is 15.0 Å². The number of anilines is 1. The third kappa shape index (κ3) is 2.82. The Hall–Kier alpha value is -3.54. The molecule has 0 aliphatic heterocycles. The van der Waals surface area contributed by atoms with Crippen molar-refractivity contribution in [1.29, 1.82) is 0 Å². The van der Waals surface area contributed by atoms with Gasteiger partial charge in [-0.15, -0.1) is 0 Å². The van der Waals surface area contributed by atoms with Gasteiger partial charge >= 0.3 is 0 Å². The van der Waals surface area contributed by atoms with Crippen LogP contribution in [0.4, 0.5) is 5.95 Å². The Balaban J connectivity index is 2.07. The molecule has 4 aromatic rings. The van der Waals surface area contributed by atoms with Crippen molar-refractivity contribution in [1.82, 2.24) is 19.9 Å². The molecule has 6 nitrogen and oxygen atoms in total. The second-order valence-electron chi connectivity index (χ2n) is 6.11. The van der Waals surface area contributed by atoms with Crippen molar-refractivity contribution in [2.75, 3.05) is 19.0 Å². The van der Waals surface area contributed by atoms with Crippen LogP contribution in [0, 0.1) is 0 Å². The van der Waals surface area contributed by atoms with Gasteiger partial charge < -0.3 is 4.90 Å². The molecule has 0 bridgehead atoms. The summed E-state index contributed by atoms with van der Waals surface area (Å²) in [6.45, 7) is 0. The van der Waals surface area contributed by atoms with E-state index in [1.165, 1.54) is 0 Å². The minimum absolute atomic E-state index is 0.231. The zero-order chi connectivity index (χ0) is 18.1. The first-order valence-electron chi connectivity index (χ1n) is 8.24. The number of aromatic amines is 1. The second-order valence-corrected chi connectivity index (χ2v) is 6.11. The number of hydrogen-bond acceptors (Lipinski definition) is 5. The van der Waals surface area contributed by atoms with Gasteiger partial charge in [0.2, 0.25) is 5.95 Å². The SMILES string of the molecule is CN(C)c1nc2nc(-c3ccccc3)c(-c3ccccc3)nc2c(=O)[nH]1. The van der Waals surface area contributed by atoms with E-state index in [1.54, 1.807) is 4.90 Å². The van der Waals surface area contributed by atoms with Crippen LogP contribution < -0.4 is 10.5 Å². The summed E-state index contributed by atoms with van der Waals surface area (Å²) in [6, 6.07) is 19.5. The molecule has 6 heteroatoms. The predicted octanol–water partition coefficient (Wildman–Crippen LogP) is 3.11. The normalized spacial score (nSPS) is 10.8. The van der Waals surface area contributed by atoms with Crippen molar-refractivity contribution < 1.29 is 0 Å². The molecule has 0 saturated heterocycles. The average Bonchev–Trinajstić information content (AvgIpc) is 2.68. The Bertz CT molecular complexity index is 1120. The smallest absolute Gasteiger partial charge is 0.280 e. The van der Waals surface area contributed by atoms with Gasteiger partial charge in [0.05, 0.1) is 11.4 Å². The van der Waals surface area contributed by atoms with E-state index >= 15 is 0 Å². The number of nitrogens with one attached hydrogen (secondary N) is 1. The highest BCUT2D eigenvalue weighted by Gasteiger charge is 2.16. The van der Waals surface area contributed by atoms with Crippen molar-refractivity contribution in [3.63, 3.8) is 0 Å². The number of benzene rings is 2. The van der Waals surface area contributed by atoms with E-state index < -0.39 is 0 Å². The van der Waals surface area contributed by atoms with Gasteiger partial charge in [-0.25, -0.2) is 9.97 Å². The summed E-state index contributed by atoms with van der Waals surface area (Å²) in [6.07, 6.45) is 0. The number of nitrogens with zero attached hydrogens (tertiary/aromatic N) is 4. The van der Waals surface area contributed by atoms with Crippen molar-refractivity contribution in [2.24, 2.45) is 0 Å². The molecule has 128 valence electrons. The Labute approximate surface area is 150 Å². The molecule has 0 spiro atoms. The van der Waals surface area contributed by atoms with Crippen molar-refractivity contribution in [3.8, 4) is 22.5 Å². The Kier molecular flexibility index (Phi) is 3.93. The molecular formula is C20H17N5O. The maximum atomic E-state index is 12.5. The van der Waals surface area contributed by atoms with Crippen molar-refractivity contribution >= 4 is 17.1 Å². The molecule has 2 heterocycles. The first-order valence-corrected chi connectivity index (χ1v) is 8.24. The fraction of sp³-hybridized carbons (Fsp3) is 0.100. The molecule has 0 aliphatic rings. The molecular weight excluding hydrogens is 326 g/mol. The maximum Gasteiger partial charge on any atom is 0.280 e. The lowest BCUT2D eigenvalue weighted by atomic mass is 10.0. The van der Waals surface area contributed by atoms with Crippen molar-refractivity contribution in [3.05, 3.63) is 71.0 Å². The monoisotopic (exact) mass is 343 g/mol. The summed E-state index contributed by atoms with van der Waals surface area (Å²) in [7, 11) is 3.63. The van der Waals surface area contributed by atoms with Gasteiger partial charge in [-0.05, 0) is 0 Å². The fourth-order valence-corrected chi connectivity index (χ4v) is 2.75. The van der Waals surface area contributed by atoms with Crippen LogP contribution in [0.1, 0.15) is 0 Å². The molecule has 2 aromatic carbocycles. The Morgan fingerprint density at radius 1 is 0.769 bits per heavy atom. The third-order valence-corrected chi connectivity index (χ3v) is 4.05. The second kappa shape index (κ2) is 6.40. The van der Waals surface area contributed by atoms with Crippen molar-refractivity contribution in [2.45, 2.75) is 0 Å². The van der Waals surface area contributed by atoms with Crippen LogP contribution in [0.25, 0.3) is 33.7 Å². The van der Waals surface area contributed by atoms with E-state index in [1.807, 2.05) is 74.8 Å². The molecule has 0 atom stereocenters. The number of H-pyrrole nitrogens is 1. The number of hydrogen-bond donors (Lipinski definition) is 1. The highest BCUT2D eigenvalue weighted by atomic mass is 16.1. The highest BCUT2D eigenvalue weighted by molar-refractivity contribution is 5.84. The van der Waals surface area contributed by atoms with Gasteiger partial charge in [0.15, 0.2) is 11.2 Å². The van der Waals surface area contributed by atoms with Gasteiger partial charge in [0.1, 0.15) is 0 Å². The van der Waals surface area contributed by atoms with E-state index in [4.69, 9.17) is 4.98 Å². The summed E-state index contributed by atoms with van der Waals surface area (Å²) in [5.41, 5.74) is 3.44. The van der Waals surface area contributed by atoms with Crippen LogP contribution in [-0.4, -0.2) is 34.0 Å². The van der Waals surface area contributed by atoms with Crippen LogP contribution in [-0.2, 0) is 0 Å². The molecule has 0 aliphatic carbocycles. The van der Waals surface area contributed by atoms with Crippen LogP contribution in [0.15, 0.2) is 65.5 Å². The van der Waals surface area contributed by atoms with Crippen LogP contribution in [0.2, 0.25) is 0 Å². The van der Waals surface area contributed by atoms with E-state index in [0.717, 1.165) is 11.1 Å². The van der Waals surface area contributed by atoms with Gasteiger partial charge in [0, 0.05) is 25.2 Å². The summed E-state index contributed by atoms with van der Waals surface area (Å²) in [5, 5.41) is 0. The minimum atomic E-state index is -0.303. The molecule has 0 unspecified atom stereocenters. The molecule has 4 rings (SSSR count). The molecule has 0 fully saturated rings. The molecule has 0 amide bonds. The van der Waals surface area contributed by atoms with Crippen LogP contribution >= 0.6 is 0 Å².